The van der Waals surface area contributed by atoms with Gasteiger partial charge in [0.05, 0.1) is 18.0 Å². The Morgan fingerprint density at radius 3 is 2.90 bits per heavy atom. The van der Waals surface area contributed by atoms with Crippen molar-refractivity contribution in [3.8, 4) is 0 Å². The lowest BCUT2D eigenvalue weighted by Gasteiger charge is -2.15. The molecular formula is C14H22N2O3S. The van der Waals surface area contributed by atoms with E-state index in [1.165, 1.54) is 0 Å². The van der Waals surface area contributed by atoms with Crippen molar-refractivity contribution in [1.82, 2.24) is 5.32 Å². The molecule has 1 aliphatic rings. The fraction of sp³-hybridized carbons (Fsp3) is 0.571. The molecule has 1 atom stereocenters. The number of ether oxygens (including phenoxy) is 1. The fourth-order valence-corrected chi connectivity index (χ4v) is 3.85. The van der Waals surface area contributed by atoms with Gasteiger partial charge in [0.1, 0.15) is 0 Å². The van der Waals surface area contributed by atoms with Gasteiger partial charge in [0.25, 0.3) is 0 Å². The van der Waals surface area contributed by atoms with Crippen molar-refractivity contribution < 1.29 is 13.2 Å². The minimum atomic E-state index is -3.32. The van der Waals surface area contributed by atoms with Gasteiger partial charge in [-0.15, -0.1) is 0 Å². The predicted octanol–water partition coefficient (Wildman–Crippen LogP) is 1.37. The molecule has 1 unspecified atom stereocenters. The van der Waals surface area contributed by atoms with Gasteiger partial charge in [-0.3, -0.25) is 4.72 Å². The van der Waals surface area contributed by atoms with E-state index in [1.54, 1.807) is 13.2 Å². The van der Waals surface area contributed by atoms with Crippen LogP contribution < -0.4 is 10.0 Å². The van der Waals surface area contributed by atoms with Gasteiger partial charge >= 0.3 is 0 Å². The molecule has 0 aromatic heterocycles. The maximum atomic E-state index is 12.2. The van der Waals surface area contributed by atoms with Crippen LogP contribution in [-0.2, 0) is 21.2 Å². The SMILES string of the molecule is COCCc1ccccc1NS(=O)(=O)CC1CCCN1. The monoisotopic (exact) mass is 298 g/mol. The number of anilines is 1. The van der Waals surface area contributed by atoms with Gasteiger partial charge in [-0.25, -0.2) is 8.42 Å². The molecule has 20 heavy (non-hydrogen) atoms. The number of rotatable bonds is 7. The first-order chi connectivity index (χ1) is 9.61. The summed E-state index contributed by atoms with van der Waals surface area (Å²) in [5.74, 6) is 0.131. The second-order valence-corrected chi connectivity index (χ2v) is 6.84. The average molecular weight is 298 g/mol. The maximum absolute atomic E-state index is 12.2. The number of hydrogen-bond donors (Lipinski definition) is 2. The molecule has 1 saturated heterocycles. The van der Waals surface area contributed by atoms with Gasteiger partial charge < -0.3 is 10.1 Å². The average Bonchev–Trinajstić information content (AvgIpc) is 2.89. The van der Waals surface area contributed by atoms with Crippen LogP contribution in [0, 0.1) is 0 Å². The smallest absolute Gasteiger partial charge is 0.234 e. The molecule has 1 fully saturated rings. The number of para-hydroxylation sites is 1. The highest BCUT2D eigenvalue weighted by atomic mass is 32.2. The van der Waals surface area contributed by atoms with Crippen LogP contribution in [0.25, 0.3) is 0 Å². The van der Waals surface area contributed by atoms with E-state index in [1.807, 2.05) is 18.2 Å². The summed E-state index contributed by atoms with van der Waals surface area (Å²) in [4.78, 5) is 0. The Hall–Kier alpha value is -1.11. The Morgan fingerprint density at radius 2 is 2.20 bits per heavy atom. The van der Waals surface area contributed by atoms with Crippen molar-refractivity contribution in [3.63, 3.8) is 0 Å². The van der Waals surface area contributed by atoms with Crippen LogP contribution in [0.3, 0.4) is 0 Å². The molecule has 0 radical (unpaired) electrons. The molecule has 2 N–H and O–H groups in total. The van der Waals surface area contributed by atoms with Gasteiger partial charge in [0.2, 0.25) is 10.0 Å². The summed E-state index contributed by atoms with van der Waals surface area (Å²) in [6, 6.07) is 7.53. The third-order valence-electron chi connectivity index (χ3n) is 3.44. The highest BCUT2D eigenvalue weighted by Crippen LogP contribution is 2.18. The first kappa shape index (κ1) is 15.3. The molecular weight excluding hydrogens is 276 g/mol. The van der Waals surface area contributed by atoms with Crippen LogP contribution in [-0.4, -0.2) is 40.5 Å². The van der Waals surface area contributed by atoms with Gasteiger partial charge in [0.15, 0.2) is 0 Å². The molecule has 1 aromatic carbocycles. The van der Waals surface area contributed by atoms with Gasteiger partial charge in [0, 0.05) is 13.2 Å². The molecule has 1 aliphatic heterocycles. The summed E-state index contributed by atoms with van der Waals surface area (Å²) >= 11 is 0. The van der Waals surface area contributed by atoms with Crippen LogP contribution in [0.5, 0.6) is 0 Å². The molecule has 0 aliphatic carbocycles. The fourth-order valence-electron chi connectivity index (χ4n) is 2.42. The van der Waals surface area contributed by atoms with Crippen LogP contribution in [0.2, 0.25) is 0 Å². The Balaban J connectivity index is 2.04. The van der Waals surface area contributed by atoms with E-state index in [9.17, 15) is 8.42 Å². The van der Waals surface area contributed by atoms with Crippen molar-refractivity contribution >= 4 is 15.7 Å². The molecule has 112 valence electrons. The number of sulfonamides is 1. The Kier molecular flexibility index (Phi) is 5.39. The summed E-state index contributed by atoms with van der Waals surface area (Å²) < 4.78 is 32.1. The predicted molar refractivity (Wildman–Crippen MR) is 80.5 cm³/mol. The number of nitrogens with one attached hydrogen (secondary N) is 2. The number of hydrogen-bond acceptors (Lipinski definition) is 4. The molecule has 0 spiro atoms. The lowest BCUT2D eigenvalue weighted by molar-refractivity contribution is 0.202. The Morgan fingerprint density at radius 1 is 1.40 bits per heavy atom. The van der Waals surface area contributed by atoms with E-state index in [-0.39, 0.29) is 11.8 Å². The van der Waals surface area contributed by atoms with E-state index >= 15 is 0 Å². The first-order valence-corrected chi connectivity index (χ1v) is 8.56. The quantitative estimate of drug-likeness (QED) is 0.798. The third-order valence-corrected chi connectivity index (χ3v) is 4.81. The Labute approximate surface area is 120 Å². The molecule has 0 bridgehead atoms. The number of benzene rings is 1. The zero-order valence-electron chi connectivity index (χ0n) is 11.8. The van der Waals surface area contributed by atoms with Crippen LogP contribution in [0.15, 0.2) is 24.3 Å². The summed E-state index contributed by atoms with van der Waals surface area (Å²) in [7, 11) is -1.68. The second-order valence-electron chi connectivity index (χ2n) is 5.08. The number of methoxy groups -OCH3 is 1. The van der Waals surface area contributed by atoms with Crippen LogP contribution in [0.4, 0.5) is 5.69 Å². The zero-order chi connectivity index (χ0) is 14.4. The molecule has 0 amide bonds. The highest BCUT2D eigenvalue weighted by molar-refractivity contribution is 7.92. The van der Waals surface area contributed by atoms with Crippen molar-refractivity contribution in [3.05, 3.63) is 29.8 Å². The molecule has 6 heteroatoms. The van der Waals surface area contributed by atoms with Crippen molar-refractivity contribution in [2.45, 2.75) is 25.3 Å². The van der Waals surface area contributed by atoms with E-state index in [2.05, 4.69) is 10.0 Å². The third kappa shape index (κ3) is 4.47. The normalized spacial score (nSPS) is 19.1. The van der Waals surface area contributed by atoms with Crippen molar-refractivity contribution in [2.24, 2.45) is 0 Å². The topological polar surface area (TPSA) is 67.4 Å². The van der Waals surface area contributed by atoms with Gasteiger partial charge in [-0.2, -0.15) is 0 Å². The van der Waals surface area contributed by atoms with E-state index in [0.717, 1.165) is 24.9 Å². The first-order valence-electron chi connectivity index (χ1n) is 6.91. The summed E-state index contributed by atoms with van der Waals surface area (Å²) in [6.45, 7) is 1.48. The lowest BCUT2D eigenvalue weighted by atomic mass is 10.1. The highest BCUT2D eigenvalue weighted by Gasteiger charge is 2.22. The van der Waals surface area contributed by atoms with Gasteiger partial charge in [-0.05, 0) is 37.4 Å². The summed E-state index contributed by atoms with van der Waals surface area (Å²) in [5, 5.41) is 3.21. The van der Waals surface area contributed by atoms with Crippen LogP contribution >= 0.6 is 0 Å². The minimum Gasteiger partial charge on any atom is -0.384 e. The molecule has 2 rings (SSSR count). The van der Waals surface area contributed by atoms with Crippen LogP contribution in [0.1, 0.15) is 18.4 Å². The van der Waals surface area contributed by atoms with E-state index < -0.39 is 10.0 Å². The standard InChI is InChI=1S/C14H22N2O3S/c1-19-10-8-12-5-2-3-7-14(12)16-20(17,18)11-13-6-4-9-15-13/h2-3,5,7,13,15-16H,4,6,8-11H2,1H3. The van der Waals surface area contributed by atoms with E-state index in [4.69, 9.17) is 4.74 Å². The summed E-state index contributed by atoms with van der Waals surface area (Å²) in [5.41, 5.74) is 1.61. The minimum absolute atomic E-state index is 0.0682. The maximum Gasteiger partial charge on any atom is 0.234 e. The zero-order valence-corrected chi connectivity index (χ0v) is 12.6. The molecule has 1 aromatic rings. The lowest BCUT2D eigenvalue weighted by Crippen LogP contribution is -2.33. The Bertz CT molecular complexity index is 525. The molecule has 5 nitrogen and oxygen atoms in total. The van der Waals surface area contributed by atoms with E-state index in [0.29, 0.717) is 18.7 Å². The second kappa shape index (κ2) is 7.06. The van der Waals surface area contributed by atoms with Crippen molar-refractivity contribution in [2.75, 3.05) is 30.7 Å². The largest absolute Gasteiger partial charge is 0.384 e. The van der Waals surface area contributed by atoms with Crippen molar-refractivity contribution in [1.29, 1.82) is 0 Å². The van der Waals surface area contributed by atoms with Gasteiger partial charge in [-0.1, -0.05) is 18.2 Å². The summed E-state index contributed by atoms with van der Waals surface area (Å²) in [6.07, 6.45) is 2.66. The molecule has 0 saturated carbocycles. The molecule has 1 heterocycles.